The summed E-state index contributed by atoms with van der Waals surface area (Å²) in [5, 5.41) is 8.62. The number of carbonyl (C=O) groups is 1. The normalized spacial score (nSPS) is 12.0. The molecule has 3 rings (SSSR count). The second-order valence-corrected chi connectivity index (χ2v) is 9.44. The second kappa shape index (κ2) is 12.2. The van der Waals surface area contributed by atoms with Gasteiger partial charge >= 0.3 is 5.97 Å². The molecule has 0 radical (unpaired) electrons. The van der Waals surface area contributed by atoms with Crippen LogP contribution in [0.3, 0.4) is 0 Å². The van der Waals surface area contributed by atoms with Crippen molar-refractivity contribution < 1.29 is 18.8 Å². The first-order valence-electron chi connectivity index (χ1n) is 10.8. The molecule has 1 N–H and O–H groups in total. The van der Waals surface area contributed by atoms with Gasteiger partial charge in [-0.25, -0.2) is 9.78 Å². The minimum atomic E-state index is -1.13. The molecule has 2 aromatic carbocycles. The van der Waals surface area contributed by atoms with E-state index in [2.05, 4.69) is 18.7 Å². The fourth-order valence-corrected chi connectivity index (χ4v) is 4.28. The van der Waals surface area contributed by atoms with Crippen LogP contribution in [-0.2, 0) is 20.3 Å². The van der Waals surface area contributed by atoms with Crippen molar-refractivity contribution in [2.75, 3.05) is 36.2 Å². The summed E-state index contributed by atoms with van der Waals surface area (Å²) in [6.45, 7) is 4.45. The lowest BCUT2D eigenvalue weighted by Crippen LogP contribution is -2.35. The van der Waals surface area contributed by atoms with Gasteiger partial charge in [-0.3, -0.25) is 9.19 Å². The van der Waals surface area contributed by atoms with Crippen molar-refractivity contribution in [3.8, 4) is 22.5 Å². The Morgan fingerprint density at radius 2 is 1.61 bits per heavy atom. The first-order valence-corrected chi connectivity index (χ1v) is 12.3. The number of anilines is 1. The first-order chi connectivity index (χ1) is 16.0. The Hall–Kier alpha value is -3.10. The molecule has 0 aliphatic carbocycles. The Bertz CT molecular complexity index is 1060. The number of hydrogen-bond acceptors (Lipinski definition) is 6. The maximum absolute atomic E-state index is 12.4. The summed E-state index contributed by atoms with van der Waals surface area (Å²) in [5.41, 5.74) is 3.59. The quantitative estimate of drug-likeness (QED) is 0.404. The van der Waals surface area contributed by atoms with Crippen LogP contribution in [0.5, 0.6) is 0 Å². The highest BCUT2D eigenvalue weighted by Crippen LogP contribution is 2.30. The van der Waals surface area contributed by atoms with Gasteiger partial charge < -0.3 is 14.7 Å². The summed E-state index contributed by atoms with van der Waals surface area (Å²) in [5.74, 6) is 0.422. The number of ether oxygens (including phenoxy) is 1. The lowest BCUT2D eigenvalue weighted by molar-refractivity contribution is -0.141. The number of aromatic nitrogens is 2. The van der Waals surface area contributed by atoms with E-state index in [4.69, 9.17) is 19.8 Å². The molecule has 0 saturated carbocycles. The molecule has 0 spiro atoms. The summed E-state index contributed by atoms with van der Waals surface area (Å²) < 4.78 is 17.4. The van der Waals surface area contributed by atoms with Gasteiger partial charge in [0, 0.05) is 46.0 Å². The molecule has 0 fully saturated rings. The predicted octanol–water partition coefficient (Wildman–Crippen LogP) is 3.88. The molecule has 1 aromatic heterocycles. The molecule has 8 heteroatoms. The first kappa shape index (κ1) is 24.5. The second-order valence-electron chi connectivity index (χ2n) is 7.74. The molecule has 33 heavy (non-hydrogen) atoms. The summed E-state index contributed by atoms with van der Waals surface area (Å²) in [6.07, 6.45) is 1.77. The van der Waals surface area contributed by atoms with Crippen LogP contribution in [0.15, 0.2) is 66.9 Å². The topological polar surface area (TPSA) is 92.6 Å². The molecule has 1 unspecified atom stereocenters. The van der Waals surface area contributed by atoms with E-state index in [-0.39, 0.29) is 19.3 Å². The maximum atomic E-state index is 12.4. The Morgan fingerprint density at radius 1 is 1.00 bits per heavy atom. The summed E-state index contributed by atoms with van der Waals surface area (Å²) in [6, 6.07) is 20.1. The number of hydrogen-bond donors (Lipinski definition) is 1. The van der Waals surface area contributed by atoms with Gasteiger partial charge in [-0.2, -0.15) is 0 Å². The number of benzene rings is 2. The van der Waals surface area contributed by atoms with Crippen LogP contribution >= 0.6 is 0 Å². The highest BCUT2D eigenvalue weighted by Gasteiger charge is 2.18. The Morgan fingerprint density at radius 3 is 2.18 bits per heavy atom. The number of carboxylic acid groups (broad SMARTS) is 1. The molecule has 174 valence electrons. The molecule has 1 heterocycles. The molecule has 0 saturated heterocycles. The average Bonchev–Trinajstić information content (AvgIpc) is 2.82. The van der Waals surface area contributed by atoms with Gasteiger partial charge in [0.15, 0.2) is 0 Å². The fraction of sp³-hybridized carbons (Fsp3) is 0.320. The van der Waals surface area contributed by atoms with Crippen molar-refractivity contribution in [1.82, 2.24) is 9.97 Å². The van der Waals surface area contributed by atoms with E-state index in [1.165, 1.54) is 0 Å². The van der Waals surface area contributed by atoms with Crippen LogP contribution in [0.4, 0.5) is 5.82 Å². The van der Waals surface area contributed by atoms with Crippen molar-refractivity contribution in [3.63, 3.8) is 0 Å². The van der Waals surface area contributed by atoms with Crippen molar-refractivity contribution >= 4 is 22.6 Å². The lowest BCUT2D eigenvalue weighted by atomic mass is 10.0. The average molecular weight is 468 g/mol. The molecule has 3 aromatic rings. The van der Waals surface area contributed by atoms with E-state index in [0.717, 1.165) is 28.3 Å². The van der Waals surface area contributed by atoms with Gasteiger partial charge in [-0.1, -0.05) is 60.7 Å². The van der Waals surface area contributed by atoms with Gasteiger partial charge in [0.1, 0.15) is 12.4 Å². The third-order valence-electron chi connectivity index (χ3n) is 5.01. The number of rotatable bonds is 12. The minimum absolute atomic E-state index is 0.130. The summed E-state index contributed by atoms with van der Waals surface area (Å²) in [7, 11) is -1.13. The SMILES string of the molecule is CC(C)N(CCS(=O)CCOCC(=O)O)c1cnc(-c2ccccc2)c(-c2ccccc2)n1. The van der Waals surface area contributed by atoms with Crippen LogP contribution in [0, 0.1) is 0 Å². The predicted molar refractivity (Wildman–Crippen MR) is 132 cm³/mol. The number of carboxylic acids is 1. The van der Waals surface area contributed by atoms with E-state index in [9.17, 15) is 9.00 Å². The molecule has 0 aliphatic rings. The zero-order chi connectivity index (χ0) is 23.6. The molecule has 7 nitrogen and oxygen atoms in total. The summed E-state index contributed by atoms with van der Waals surface area (Å²) in [4.78, 5) is 22.4. The molecular formula is C25H29N3O4S. The largest absolute Gasteiger partial charge is 0.480 e. The number of aliphatic carboxylic acids is 1. The Labute approximate surface area is 196 Å². The third-order valence-corrected chi connectivity index (χ3v) is 6.27. The van der Waals surface area contributed by atoms with Crippen molar-refractivity contribution in [1.29, 1.82) is 0 Å². The maximum Gasteiger partial charge on any atom is 0.329 e. The Balaban J connectivity index is 1.81. The van der Waals surface area contributed by atoms with Crippen molar-refractivity contribution in [3.05, 3.63) is 66.9 Å². The molecule has 0 bridgehead atoms. The van der Waals surface area contributed by atoms with E-state index in [1.807, 2.05) is 60.7 Å². The van der Waals surface area contributed by atoms with Crippen LogP contribution in [0.25, 0.3) is 22.5 Å². The fourth-order valence-electron chi connectivity index (χ4n) is 3.37. The standard InChI is InChI=1S/C25H29N3O4S/c1-19(2)28(13-15-33(31)16-14-32-18-23(29)30)22-17-26-24(20-9-5-3-6-10-20)25(27-22)21-11-7-4-8-12-21/h3-12,17,19H,13-16,18H2,1-2H3,(H,29,30). The van der Waals surface area contributed by atoms with Gasteiger partial charge in [0.2, 0.25) is 0 Å². The minimum Gasteiger partial charge on any atom is -0.480 e. The van der Waals surface area contributed by atoms with Crippen LogP contribution < -0.4 is 4.90 Å². The highest BCUT2D eigenvalue weighted by atomic mass is 32.2. The Kier molecular flexibility index (Phi) is 9.09. The monoisotopic (exact) mass is 467 g/mol. The lowest BCUT2D eigenvalue weighted by Gasteiger charge is -2.28. The summed E-state index contributed by atoms with van der Waals surface area (Å²) >= 11 is 0. The smallest absolute Gasteiger partial charge is 0.329 e. The van der Waals surface area contributed by atoms with Crippen molar-refractivity contribution in [2.24, 2.45) is 0 Å². The van der Waals surface area contributed by atoms with Crippen LogP contribution in [0.1, 0.15) is 13.8 Å². The number of nitrogens with zero attached hydrogens (tertiary/aromatic N) is 3. The van der Waals surface area contributed by atoms with Gasteiger partial charge in [-0.05, 0) is 13.8 Å². The van der Waals surface area contributed by atoms with Crippen molar-refractivity contribution in [2.45, 2.75) is 19.9 Å². The van der Waals surface area contributed by atoms with E-state index >= 15 is 0 Å². The van der Waals surface area contributed by atoms with Gasteiger partial charge in [-0.15, -0.1) is 0 Å². The van der Waals surface area contributed by atoms with Crippen LogP contribution in [-0.4, -0.2) is 62.6 Å². The van der Waals surface area contributed by atoms with Gasteiger partial charge in [0.25, 0.3) is 0 Å². The van der Waals surface area contributed by atoms with E-state index < -0.39 is 16.8 Å². The molecule has 1 atom stereocenters. The molecule has 0 amide bonds. The molecule has 0 aliphatic heterocycles. The zero-order valence-corrected chi connectivity index (χ0v) is 19.7. The van der Waals surface area contributed by atoms with E-state index in [1.54, 1.807) is 6.20 Å². The zero-order valence-electron chi connectivity index (χ0n) is 18.9. The highest BCUT2D eigenvalue weighted by molar-refractivity contribution is 7.85. The molecular weight excluding hydrogens is 438 g/mol. The van der Waals surface area contributed by atoms with Gasteiger partial charge in [0.05, 0.1) is 24.2 Å². The third kappa shape index (κ3) is 7.20. The van der Waals surface area contributed by atoms with Crippen LogP contribution in [0.2, 0.25) is 0 Å². The van der Waals surface area contributed by atoms with E-state index in [0.29, 0.717) is 18.1 Å².